The van der Waals surface area contributed by atoms with Crippen LogP contribution in [0.15, 0.2) is 78.4 Å². The van der Waals surface area contributed by atoms with Crippen LogP contribution in [0.5, 0.6) is 11.5 Å². The van der Waals surface area contributed by atoms with Crippen LogP contribution in [0.3, 0.4) is 0 Å². The first kappa shape index (κ1) is 26.0. The molecule has 192 valence electrons. The van der Waals surface area contributed by atoms with Gasteiger partial charge in [0.2, 0.25) is 0 Å². The molecule has 0 unspecified atom stereocenters. The number of benzene rings is 3. The van der Waals surface area contributed by atoms with Gasteiger partial charge >= 0.3 is 0 Å². The zero-order valence-corrected chi connectivity index (χ0v) is 21.7. The van der Waals surface area contributed by atoms with Gasteiger partial charge in [0.1, 0.15) is 6.61 Å². The van der Waals surface area contributed by atoms with Gasteiger partial charge in [0.25, 0.3) is 5.91 Å². The van der Waals surface area contributed by atoms with Gasteiger partial charge in [0, 0.05) is 29.9 Å². The van der Waals surface area contributed by atoms with Crippen molar-refractivity contribution >= 4 is 17.8 Å². The van der Waals surface area contributed by atoms with E-state index in [4.69, 9.17) is 9.47 Å². The number of ether oxygens (including phenoxy) is 2. The van der Waals surface area contributed by atoms with Gasteiger partial charge in [0.15, 0.2) is 11.5 Å². The van der Waals surface area contributed by atoms with E-state index in [1.165, 1.54) is 18.4 Å². The number of hydrogen-bond donors (Lipinski definition) is 1. The van der Waals surface area contributed by atoms with E-state index in [2.05, 4.69) is 53.2 Å². The quantitative estimate of drug-likeness (QED) is 0.199. The molecule has 3 aromatic rings. The lowest BCUT2D eigenvalue weighted by Gasteiger charge is -2.17. The van der Waals surface area contributed by atoms with Crippen LogP contribution in [0.4, 0.5) is 5.69 Å². The molecule has 0 bridgehead atoms. The summed E-state index contributed by atoms with van der Waals surface area (Å²) in [5, 5.41) is 4.19. The highest BCUT2D eigenvalue weighted by molar-refractivity contribution is 5.95. The topological polar surface area (TPSA) is 63.2 Å². The number of carbonyl (C=O) groups excluding carboxylic acids is 1. The Balaban J connectivity index is 1.46. The summed E-state index contributed by atoms with van der Waals surface area (Å²) in [5.74, 6) is 1.08. The predicted molar refractivity (Wildman–Crippen MR) is 150 cm³/mol. The second-order valence-corrected chi connectivity index (χ2v) is 9.15. The highest BCUT2D eigenvalue weighted by atomic mass is 16.5. The van der Waals surface area contributed by atoms with Gasteiger partial charge in [-0.1, -0.05) is 35.9 Å². The molecule has 1 fully saturated rings. The Kier molecular flexibility index (Phi) is 8.98. The predicted octanol–water partition coefficient (Wildman–Crippen LogP) is 6.07. The van der Waals surface area contributed by atoms with E-state index in [1.54, 1.807) is 6.21 Å². The minimum Gasteiger partial charge on any atom is -0.490 e. The third-order valence-corrected chi connectivity index (χ3v) is 6.30. The van der Waals surface area contributed by atoms with Crippen molar-refractivity contribution in [3.05, 3.63) is 101 Å². The molecule has 1 heterocycles. The van der Waals surface area contributed by atoms with Crippen LogP contribution in [0.25, 0.3) is 0 Å². The fraction of sp³-hybridized carbons (Fsp3) is 0.290. The first-order chi connectivity index (χ1) is 18.1. The summed E-state index contributed by atoms with van der Waals surface area (Å²) >= 11 is 0. The highest BCUT2D eigenvalue weighted by Gasteiger charge is 2.15. The lowest BCUT2D eigenvalue weighted by molar-refractivity contribution is 0.0955. The van der Waals surface area contributed by atoms with Gasteiger partial charge in [-0.15, -0.1) is 6.58 Å². The third-order valence-electron chi connectivity index (χ3n) is 6.30. The summed E-state index contributed by atoms with van der Waals surface area (Å²) in [7, 11) is 0. The van der Waals surface area contributed by atoms with Crippen molar-refractivity contribution < 1.29 is 14.3 Å². The van der Waals surface area contributed by atoms with E-state index in [-0.39, 0.29) is 5.91 Å². The molecule has 6 heteroatoms. The van der Waals surface area contributed by atoms with Crippen LogP contribution in [-0.2, 0) is 13.0 Å². The monoisotopic (exact) mass is 497 g/mol. The normalized spacial score (nSPS) is 13.1. The Morgan fingerprint density at radius 1 is 1.05 bits per heavy atom. The molecule has 1 amide bonds. The van der Waals surface area contributed by atoms with Gasteiger partial charge < -0.3 is 14.4 Å². The molecular weight excluding hydrogens is 462 g/mol. The maximum atomic E-state index is 12.6. The molecule has 0 aromatic heterocycles. The molecule has 0 radical (unpaired) electrons. The summed E-state index contributed by atoms with van der Waals surface area (Å²) < 4.78 is 12.1. The van der Waals surface area contributed by atoms with Crippen molar-refractivity contribution in [1.82, 2.24) is 5.43 Å². The maximum absolute atomic E-state index is 12.6. The number of amides is 1. The summed E-state index contributed by atoms with van der Waals surface area (Å²) in [6.45, 7) is 11.0. The second kappa shape index (κ2) is 12.8. The number of nitrogens with one attached hydrogen (secondary N) is 1. The fourth-order valence-corrected chi connectivity index (χ4v) is 4.36. The molecule has 4 rings (SSSR count). The number of nitrogens with zero attached hydrogens (tertiary/aromatic N) is 2. The van der Waals surface area contributed by atoms with Gasteiger partial charge in [-0.25, -0.2) is 5.43 Å². The van der Waals surface area contributed by atoms with Gasteiger partial charge in [-0.3, -0.25) is 4.79 Å². The Morgan fingerprint density at radius 3 is 2.46 bits per heavy atom. The molecule has 1 saturated heterocycles. The fourth-order valence-electron chi connectivity index (χ4n) is 4.36. The smallest absolute Gasteiger partial charge is 0.271 e. The van der Waals surface area contributed by atoms with Gasteiger partial charge in [0.05, 0.1) is 12.8 Å². The number of allylic oxidation sites excluding steroid dienone is 1. The van der Waals surface area contributed by atoms with Crippen molar-refractivity contribution in [2.45, 2.75) is 39.7 Å². The number of anilines is 1. The molecule has 6 nitrogen and oxygen atoms in total. The van der Waals surface area contributed by atoms with Crippen LogP contribution in [0.2, 0.25) is 0 Å². The number of carbonyl (C=O) groups is 1. The molecule has 1 N–H and O–H groups in total. The van der Waals surface area contributed by atoms with Crippen molar-refractivity contribution in [2.24, 2.45) is 5.10 Å². The van der Waals surface area contributed by atoms with E-state index >= 15 is 0 Å². The summed E-state index contributed by atoms with van der Waals surface area (Å²) in [4.78, 5) is 14.9. The van der Waals surface area contributed by atoms with Crippen molar-refractivity contribution in [3.8, 4) is 11.5 Å². The van der Waals surface area contributed by atoms with Crippen LogP contribution < -0.4 is 19.8 Å². The Labute approximate surface area is 219 Å². The lowest BCUT2D eigenvalue weighted by atomic mass is 10.1. The molecule has 1 aliphatic heterocycles. The molecule has 1 aliphatic rings. The third kappa shape index (κ3) is 7.00. The standard InChI is InChI=1S/C31H35N3O3/c1-4-8-27-19-25(20-29(36-5-2)30(27)37-22-24-11-9-23(3)10-12-24)21-32-33-31(35)26-13-15-28(16-14-26)34-17-6-7-18-34/h4,9-16,19-21H,1,5-8,17-18,22H2,2-3H3,(H,33,35)/b32-21-. The summed E-state index contributed by atoms with van der Waals surface area (Å²) in [6.07, 6.45) is 6.50. The van der Waals surface area contributed by atoms with Crippen molar-refractivity contribution in [3.63, 3.8) is 0 Å². The van der Waals surface area contributed by atoms with Crippen molar-refractivity contribution in [2.75, 3.05) is 24.6 Å². The van der Waals surface area contributed by atoms with Crippen LogP contribution in [0.1, 0.15) is 52.4 Å². The first-order valence-corrected chi connectivity index (χ1v) is 12.8. The van der Waals surface area contributed by atoms with E-state index in [0.717, 1.165) is 35.5 Å². The number of hydrogen-bond acceptors (Lipinski definition) is 5. The number of rotatable bonds is 11. The largest absolute Gasteiger partial charge is 0.490 e. The minimum atomic E-state index is -0.251. The molecule has 0 aliphatic carbocycles. The zero-order chi connectivity index (χ0) is 26.0. The van der Waals surface area contributed by atoms with E-state index in [0.29, 0.717) is 36.7 Å². The Morgan fingerprint density at radius 2 is 1.78 bits per heavy atom. The SMILES string of the molecule is C=CCc1cc(/C=N\NC(=O)c2ccc(N3CCCC3)cc2)cc(OCC)c1OCc1ccc(C)cc1. The molecule has 37 heavy (non-hydrogen) atoms. The number of hydrazone groups is 1. The molecule has 0 saturated carbocycles. The van der Waals surface area contributed by atoms with E-state index in [1.807, 2.05) is 49.4 Å². The first-order valence-electron chi connectivity index (χ1n) is 12.8. The van der Waals surface area contributed by atoms with Gasteiger partial charge in [-0.05, 0) is 80.6 Å². The average Bonchev–Trinajstić information content (AvgIpc) is 3.45. The van der Waals surface area contributed by atoms with Crippen LogP contribution in [0, 0.1) is 6.92 Å². The summed E-state index contributed by atoms with van der Waals surface area (Å²) in [5.41, 5.74) is 8.39. The van der Waals surface area contributed by atoms with E-state index in [9.17, 15) is 4.79 Å². The second-order valence-electron chi connectivity index (χ2n) is 9.15. The highest BCUT2D eigenvalue weighted by Crippen LogP contribution is 2.34. The number of aryl methyl sites for hydroxylation is 1. The van der Waals surface area contributed by atoms with Crippen LogP contribution in [-0.4, -0.2) is 31.8 Å². The Hall–Kier alpha value is -4.06. The average molecular weight is 498 g/mol. The summed E-state index contributed by atoms with van der Waals surface area (Å²) in [6, 6.07) is 19.8. The van der Waals surface area contributed by atoms with E-state index < -0.39 is 0 Å². The molecular formula is C31H35N3O3. The maximum Gasteiger partial charge on any atom is 0.271 e. The lowest BCUT2D eigenvalue weighted by Crippen LogP contribution is -2.19. The Bertz CT molecular complexity index is 1230. The molecule has 0 spiro atoms. The molecule has 0 atom stereocenters. The van der Waals surface area contributed by atoms with Crippen molar-refractivity contribution in [1.29, 1.82) is 0 Å². The minimum absolute atomic E-state index is 0.251. The molecule has 3 aromatic carbocycles. The van der Waals surface area contributed by atoms with Gasteiger partial charge in [-0.2, -0.15) is 5.10 Å². The van der Waals surface area contributed by atoms with Crippen LogP contribution >= 0.6 is 0 Å². The zero-order valence-electron chi connectivity index (χ0n) is 21.7.